The first-order chi connectivity index (χ1) is 11.7. The van der Waals surface area contributed by atoms with Gasteiger partial charge in [0.2, 0.25) is 0 Å². The smallest absolute Gasteiger partial charge is 0.256 e. The number of rotatable bonds is 3. The highest BCUT2D eigenvalue weighted by molar-refractivity contribution is 6.09. The van der Waals surface area contributed by atoms with Crippen LogP contribution in [-0.4, -0.2) is 28.9 Å². The molecular formula is C19H16FN3O. The lowest BCUT2D eigenvalue weighted by Gasteiger charge is -2.31. The van der Waals surface area contributed by atoms with Gasteiger partial charge in [-0.25, -0.2) is 9.37 Å². The van der Waals surface area contributed by atoms with Gasteiger partial charge in [0.25, 0.3) is 5.91 Å². The molecule has 120 valence electrons. The summed E-state index contributed by atoms with van der Waals surface area (Å²) in [6.07, 6.45) is 2.65. The Hall–Kier alpha value is -2.95. The van der Waals surface area contributed by atoms with Crippen molar-refractivity contribution in [2.24, 2.45) is 0 Å². The van der Waals surface area contributed by atoms with Gasteiger partial charge in [-0.15, -0.1) is 0 Å². The summed E-state index contributed by atoms with van der Waals surface area (Å²) in [4.78, 5) is 18.8. The monoisotopic (exact) mass is 321 g/mol. The number of amides is 1. The molecule has 1 aliphatic heterocycles. The number of pyridine rings is 1. The molecule has 0 atom stereocenters. The number of benzene rings is 2. The van der Waals surface area contributed by atoms with Crippen molar-refractivity contribution in [3.05, 3.63) is 66.1 Å². The first-order valence-corrected chi connectivity index (χ1v) is 7.92. The quantitative estimate of drug-likeness (QED) is 0.794. The molecule has 24 heavy (non-hydrogen) atoms. The highest BCUT2D eigenvalue weighted by Gasteiger charge is 2.24. The van der Waals surface area contributed by atoms with E-state index in [0.717, 1.165) is 30.3 Å². The highest BCUT2D eigenvalue weighted by Crippen LogP contribution is 2.28. The summed E-state index contributed by atoms with van der Waals surface area (Å²) >= 11 is 0. The molecule has 0 unspecified atom stereocenters. The van der Waals surface area contributed by atoms with Gasteiger partial charge in [-0.05, 0) is 30.0 Å². The van der Waals surface area contributed by atoms with Gasteiger partial charge in [-0.1, -0.05) is 30.3 Å². The van der Waals surface area contributed by atoms with Crippen LogP contribution in [0.3, 0.4) is 0 Å². The second-order valence-corrected chi connectivity index (χ2v) is 5.85. The Morgan fingerprint density at radius 1 is 1.08 bits per heavy atom. The third kappa shape index (κ3) is 2.58. The molecule has 2 heterocycles. The Kier molecular flexibility index (Phi) is 3.61. The average molecular weight is 321 g/mol. The van der Waals surface area contributed by atoms with Crippen LogP contribution >= 0.6 is 0 Å². The topological polar surface area (TPSA) is 45.2 Å². The lowest BCUT2D eigenvalue weighted by atomic mass is 10.0. The Morgan fingerprint density at radius 2 is 1.88 bits per heavy atom. The Bertz CT molecular complexity index is 921. The summed E-state index contributed by atoms with van der Waals surface area (Å²) < 4.78 is 13.4. The lowest BCUT2D eigenvalue weighted by Crippen LogP contribution is -2.42. The first kappa shape index (κ1) is 14.6. The third-order valence-electron chi connectivity index (χ3n) is 4.26. The molecule has 2 aromatic carbocycles. The molecule has 1 aliphatic rings. The van der Waals surface area contributed by atoms with Crippen LogP contribution in [0.5, 0.6) is 0 Å². The van der Waals surface area contributed by atoms with Gasteiger partial charge in [0.1, 0.15) is 11.6 Å². The normalized spacial score (nSPS) is 13.6. The van der Waals surface area contributed by atoms with Crippen molar-refractivity contribution < 1.29 is 9.18 Å². The van der Waals surface area contributed by atoms with Crippen molar-refractivity contribution in [3.8, 4) is 0 Å². The van der Waals surface area contributed by atoms with Crippen LogP contribution in [-0.2, 0) is 0 Å². The van der Waals surface area contributed by atoms with Gasteiger partial charge in [-0.3, -0.25) is 4.79 Å². The minimum atomic E-state index is -0.311. The van der Waals surface area contributed by atoms with E-state index in [9.17, 15) is 9.18 Å². The van der Waals surface area contributed by atoms with Gasteiger partial charge in [0, 0.05) is 30.4 Å². The molecule has 3 aromatic rings. The summed E-state index contributed by atoms with van der Waals surface area (Å²) in [6.45, 7) is 1.60. The molecule has 0 aliphatic carbocycles. The molecule has 1 amide bonds. The fourth-order valence-corrected chi connectivity index (χ4v) is 2.86. The molecular weight excluding hydrogens is 305 g/mol. The number of carbonyl (C=O) groups is 1. The van der Waals surface area contributed by atoms with Gasteiger partial charge >= 0.3 is 0 Å². The fraction of sp³-hybridized carbons (Fsp3) is 0.158. The van der Waals surface area contributed by atoms with Crippen LogP contribution in [0, 0.1) is 5.82 Å². The number of aromatic nitrogens is 1. The standard InChI is InChI=1S/C19H16FN3O/c20-13-5-3-6-14(11-13)22-18-16-8-2-1-7-15(16)17(12-21-18)19(24)23-9-4-10-23/h1-3,5-8,11-12H,4,9-10H2,(H,21,22). The lowest BCUT2D eigenvalue weighted by molar-refractivity contribution is 0.0653. The molecule has 0 bridgehead atoms. The maximum Gasteiger partial charge on any atom is 0.256 e. The fourth-order valence-electron chi connectivity index (χ4n) is 2.86. The highest BCUT2D eigenvalue weighted by atomic mass is 19.1. The number of hydrogen-bond acceptors (Lipinski definition) is 3. The molecule has 0 radical (unpaired) electrons. The van der Waals surface area contributed by atoms with Crippen molar-refractivity contribution in [1.82, 2.24) is 9.88 Å². The molecule has 1 fully saturated rings. The number of likely N-dealkylation sites (tertiary alicyclic amines) is 1. The Morgan fingerprint density at radius 3 is 2.58 bits per heavy atom. The van der Waals surface area contributed by atoms with E-state index in [0.29, 0.717) is 17.1 Å². The number of halogens is 1. The summed E-state index contributed by atoms with van der Waals surface area (Å²) in [5, 5.41) is 4.83. The van der Waals surface area contributed by atoms with E-state index in [1.165, 1.54) is 12.1 Å². The molecule has 1 aromatic heterocycles. The molecule has 4 nitrogen and oxygen atoms in total. The predicted octanol–water partition coefficient (Wildman–Crippen LogP) is 3.96. The molecule has 1 saturated heterocycles. The molecule has 0 saturated carbocycles. The largest absolute Gasteiger partial charge is 0.340 e. The van der Waals surface area contributed by atoms with E-state index in [4.69, 9.17) is 0 Å². The van der Waals surface area contributed by atoms with Gasteiger partial charge < -0.3 is 10.2 Å². The minimum Gasteiger partial charge on any atom is -0.340 e. The summed E-state index contributed by atoms with van der Waals surface area (Å²) in [5.41, 5.74) is 1.23. The molecule has 4 rings (SSSR count). The van der Waals surface area contributed by atoms with Crippen molar-refractivity contribution in [1.29, 1.82) is 0 Å². The van der Waals surface area contributed by atoms with Gasteiger partial charge in [0.15, 0.2) is 0 Å². The van der Waals surface area contributed by atoms with Crippen LogP contribution in [0.4, 0.5) is 15.9 Å². The van der Waals surface area contributed by atoms with Crippen LogP contribution < -0.4 is 5.32 Å². The van der Waals surface area contributed by atoms with Crippen LogP contribution in [0.25, 0.3) is 10.8 Å². The minimum absolute atomic E-state index is 0.0160. The molecule has 0 spiro atoms. The van der Waals surface area contributed by atoms with E-state index in [-0.39, 0.29) is 11.7 Å². The Balaban J connectivity index is 1.76. The third-order valence-corrected chi connectivity index (χ3v) is 4.26. The summed E-state index contributed by atoms with van der Waals surface area (Å²) in [6, 6.07) is 13.9. The molecule has 1 N–H and O–H groups in total. The number of nitrogens with one attached hydrogen (secondary N) is 1. The number of carbonyl (C=O) groups excluding carboxylic acids is 1. The van der Waals surface area contributed by atoms with Crippen LogP contribution in [0.15, 0.2) is 54.7 Å². The van der Waals surface area contributed by atoms with Crippen molar-refractivity contribution in [3.63, 3.8) is 0 Å². The predicted molar refractivity (Wildman–Crippen MR) is 91.9 cm³/mol. The zero-order valence-electron chi connectivity index (χ0n) is 13.0. The van der Waals surface area contributed by atoms with Gasteiger partial charge in [-0.2, -0.15) is 0 Å². The zero-order chi connectivity index (χ0) is 16.5. The van der Waals surface area contributed by atoms with Crippen molar-refractivity contribution >= 4 is 28.2 Å². The van der Waals surface area contributed by atoms with E-state index < -0.39 is 0 Å². The summed E-state index contributed by atoms with van der Waals surface area (Å²) in [7, 11) is 0. The zero-order valence-corrected chi connectivity index (χ0v) is 13.0. The van der Waals surface area contributed by atoms with Crippen LogP contribution in [0.1, 0.15) is 16.8 Å². The van der Waals surface area contributed by atoms with Crippen molar-refractivity contribution in [2.45, 2.75) is 6.42 Å². The summed E-state index contributed by atoms with van der Waals surface area (Å²) in [5.74, 6) is 0.313. The Labute approximate surface area is 138 Å². The maximum atomic E-state index is 13.4. The molecule has 5 heteroatoms. The maximum absolute atomic E-state index is 13.4. The second kappa shape index (κ2) is 5.92. The van der Waals surface area contributed by atoms with E-state index in [2.05, 4.69) is 10.3 Å². The number of hydrogen-bond donors (Lipinski definition) is 1. The van der Waals surface area contributed by atoms with E-state index in [1.54, 1.807) is 18.3 Å². The first-order valence-electron chi connectivity index (χ1n) is 7.92. The van der Waals surface area contributed by atoms with Gasteiger partial charge in [0.05, 0.1) is 5.56 Å². The van der Waals surface area contributed by atoms with Crippen molar-refractivity contribution in [2.75, 3.05) is 18.4 Å². The number of fused-ring (bicyclic) bond motifs is 1. The van der Waals surface area contributed by atoms with E-state index >= 15 is 0 Å². The SMILES string of the molecule is O=C(c1cnc(Nc2cccc(F)c2)c2ccccc12)N1CCC1. The average Bonchev–Trinajstić information content (AvgIpc) is 2.53. The van der Waals surface area contributed by atoms with E-state index in [1.807, 2.05) is 29.2 Å². The number of anilines is 2. The van der Waals surface area contributed by atoms with Crippen LogP contribution in [0.2, 0.25) is 0 Å². The second-order valence-electron chi connectivity index (χ2n) is 5.85. The number of nitrogens with zero attached hydrogens (tertiary/aromatic N) is 2.